The molecule has 0 fully saturated rings. The van der Waals surface area contributed by atoms with Gasteiger partial charge in [-0.3, -0.25) is 4.79 Å². The average Bonchev–Trinajstić information content (AvgIpc) is 2.28. The Morgan fingerprint density at radius 1 is 1.50 bits per heavy atom. The van der Waals surface area contributed by atoms with Gasteiger partial charge in [0.2, 0.25) is 5.91 Å². The smallest absolute Gasteiger partial charge is 0.238 e. The van der Waals surface area contributed by atoms with E-state index >= 15 is 0 Å². The van der Waals surface area contributed by atoms with Gasteiger partial charge in [0.25, 0.3) is 0 Å². The highest BCUT2D eigenvalue weighted by Crippen LogP contribution is 2.15. The van der Waals surface area contributed by atoms with E-state index in [1.807, 2.05) is 0 Å². The van der Waals surface area contributed by atoms with E-state index in [1.165, 1.54) is 18.2 Å². The molecule has 3 N–H and O–H groups in total. The lowest BCUT2D eigenvalue weighted by Crippen LogP contribution is -2.27. The van der Waals surface area contributed by atoms with Crippen LogP contribution in [0.3, 0.4) is 0 Å². The zero-order valence-electron chi connectivity index (χ0n) is 10.5. The molecule has 1 aromatic rings. The SMILES string of the molecule is CN(C)CC(=O)Nc1ccc(F)cc1C#CCN. The molecule has 0 spiro atoms. The van der Waals surface area contributed by atoms with E-state index in [0.717, 1.165) is 0 Å². The van der Waals surface area contributed by atoms with Crippen LogP contribution in [0.2, 0.25) is 0 Å². The maximum Gasteiger partial charge on any atom is 0.238 e. The number of halogens is 1. The minimum Gasteiger partial charge on any atom is -0.324 e. The second-order valence-electron chi connectivity index (χ2n) is 3.98. The molecule has 0 aliphatic heterocycles. The van der Waals surface area contributed by atoms with Crippen LogP contribution in [0.4, 0.5) is 10.1 Å². The van der Waals surface area contributed by atoms with Gasteiger partial charge in [0.15, 0.2) is 0 Å². The fourth-order valence-electron chi connectivity index (χ4n) is 1.35. The molecule has 5 heteroatoms. The van der Waals surface area contributed by atoms with Crippen LogP contribution in [0.25, 0.3) is 0 Å². The molecule has 0 bridgehead atoms. The van der Waals surface area contributed by atoms with Crippen molar-refractivity contribution in [3.05, 3.63) is 29.6 Å². The second-order valence-corrected chi connectivity index (χ2v) is 3.98. The highest BCUT2D eigenvalue weighted by molar-refractivity contribution is 5.93. The first-order chi connectivity index (χ1) is 8.52. The van der Waals surface area contributed by atoms with Gasteiger partial charge in [-0.25, -0.2) is 4.39 Å². The molecule has 0 aliphatic carbocycles. The van der Waals surface area contributed by atoms with Crippen molar-refractivity contribution in [3.8, 4) is 11.8 Å². The molecule has 0 radical (unpaired) electrons. The number of hydrogen-bond acceptors (Lipinski definition) is 3. The molecule has 0 aromatic heterocycles. The first-order valence-electron chi connectivity index (χ1n) is 5.46. The van der Waals surface area contributed by atoms with E-state index in [9.17, 15) is 9.18 Å². The number of rotatable bonds is 3. The molecule has 0 unspecified atom stereocenters. The van der Waals surface area contributed by atoms with E-state index in [1.54, 1.807) is 19.0 Å². The number of anilines is 1. The Labute approximate surface area is 106 Å². The van der Waals surface area contributed by atoms with E-state index < -0.39 is 5.82 Å². The highest BCUT2D eigenvalue weighted by atomic mass is 19.1. The van der Waals surface area contributed by atoms with Crippen LogP contribution in [-0.4, -0.2) is 38.0 Å². The summed E-state index contributed by atoms with van der Waals surface area (Å²) in [6, 6.07) is 4.04. The van der Waals surface area contributed by atoms with Crippen LogP contribution in [0.5, 0.6) is 0 Å². The summed E-state index contributed by atoms with van der Waals surface area (Å²) in [5.74, 6) is 4.79. The summed E-state index contributed by atoms with van der Waals surface area (Å²) in [6.07, 6.45) is 0. The monoisotopic (exact) mass is 249 g/mol. The van der Waals surface area contributed by atoms with Crippen LogP contribution in [0, 0.1) is 17.7 Å². The Balaban J connectivity index is 2.90. The third kappa shape index (κ3) is 4.53. The number of nitrogens with one attached hydrogen (secondary N) is 1. The van der Waals surface area contributed by atoms with Crippen molar-refractivity contribution >= 4 is 11.6 Å². The maximum atomic E-state index is 13.1. The minimum absolute atomic E-state index is 0.178. The van der Waals surface area contributed by atoms with Gasteiger partial charge < -0.3 is 16.0 Å². The lowest BCUT2D eigenvalue weighted by molar-refractivity contribution is -0.116. The predicted molar refractivity (Wildman–Crippen MR) is 69.5 cm³/mol. The van der Waals surface area contributed by atoms with Gasteiger partial charge in [-0.15, -0.1) is 0 Å². The number of carbonyl (C=O) groups is 1. The van der Waals surface area contributed by atoms with Crippen molar-refractivity contribution in [3.63, 3.8) is 0 Å². The summed E-state index contributed by atoms with van der Waals surface area (Å²) in [6.45, 7) is 0.433. The number of nitrogens with two attached hydrogens (primary N) is 1. The fraction of sp³-hybridized carbons (Fsp3) is 0.308. The molecule has 0 atom stereocenters. The molecule has 96 valence electrons. The van der Waals surface area contributed by atoms with Crippen LogP contribution < -0.4 is 11.1 Å². The topological polar surface area (TPSA) is 58.4 Å². The Morgan fingerprint density at radius 2 is 2.22 bits per heavy atom. The number of carbonyl (C=O) groups excluding carboxylic acids is 1. The molecule has 0 heterocycles. The molecule has 0 aliphatic rings. The van der Waals surface area contributed by atoms with Gasteiger partial charge in [0.05, 0.1) is 24.3 Å². The molecular formula is C13H16FN3O. The van der Waals surface area contributed by atoms with Gasteiger partial charge in [-0.1, -0.05) is 11.8 Å². The van der Waals surface area contributed by atoms with Crippen molar-refractivity contribution < 1.29 is 9.18 Å². The van der Waals surface area contributed by atoms with E-state index in [4.69, 9.17) is 5.73 Å². The Hall–Kier alpha value is -1.90. The number of benzene rings is 1. The van der Waals surface area contributed by atoms with Crippen molar-refractivity contribution in [1.29, 1.82) is 0 Å². The first kappa shape index (κ1) is 14.2. The Morgan fingerprint density at radius 3 is 2.83 bits per heavy atom. The summed E-state index contributed by atoms with van der Waals surface area (Å²) in [4.78, 5) is 13.4. The standard InChI is InChI=1S/C13H16FN3O/c1-17(2)9-13(18)16-12-6-5-11(14)8-10(12)4-3-7-15/h5-6,8H,7,9,15H2,1-2H3,(H,16,18). The maximum absolute atomic E-state index is 13.1. The first-order valence-corrected chi connectivity index (χ1v) is 5.46. The van der Waals surface area contributed by atoms with Gasteiger partial charge >= 0.3 is 0 Å². The molecule has 18 heavy (non-hydrogen) atoms. The Kier molecular flexibility index (Phi) is 5.31. The molecule has 0 saturated carbocycles. The summed E-state index contributed by atoms with van der Waals surface area (Å²) < 4.78 is 13.1. The Bertz CT molecular complexity index is 489. The van der Waals surface area contributed by atoms with Crippen molar-refractivity contribution in [2.75, 3.05) is 32.5 Å². The number of likely N-dealkylation sites (N-methyl/N-ethyl adjacent to an activating group) is 1. The molecule has 1 amide bonds. The molecular weight excluding hydrogens is 233 g/mol. The summed E-state index contributed by atoms with van der Waals surface area (Å²) in [7, 11) is 3.58. The number of nitrogens with zero attached hydrogens (tertiary/aromatic N) is 1. The van der Waals surface area contributed by atoms with Crippen molar-refractivity contribution in [2.45, 2.75) is 0 Å². The predicted octanol–water partition coefficient (Wildman–Crippen LogP) is 0.636. The molecule has 4 nitrogen and oxygen atoms in total. The van der Waals surface area contributed by atoms with Crippen LogP contribution in [-0.2, 0) is 4.79 Å². The highest BCUT2D eigenvalue weighted by Gasteiger charge is 2.07. The van der Waals surface area contributed by atoms with Crippen molar-refractivity contribution in [1.82, 2.24) is 4.90 Å². The fourth-order valence-corrected chi connectivity index (χ4v) is 1.35. The van der Waals surface area contributed by atoms with E-state index in [2.05, 4.69) is 17.2 Å². The van der Waals surface area contributed by atoms with Crippen LogP contribution in [0.1, 0.15) is 5.56 Å². The van der Waals surface area contributed by atoms with Crippen LogP contribution >= 0.6 is 0 Å². The van der Waals surface area contributed by atoms with Crippen molar-refractivity contribution in [2.24, 2.45) is 5.73 Å². The van der Waals surface area contributed by atoms with Gasteiger partial charge in [0.1, 0.15) is 5.82 Å². The third-order valence-electron chi connectivity index (χ3n) is 2.04. The van der Waals surface area contributed by atoms with Gasteiger partial charge in [-0.2, -0.15) is 0 Å². The number of amides is 1. The minimum atomic E-state index is -0.401. The van der Waals surface area contributed by atoms with Gasteiger partial charge in [-0.05, 0) is 32.3 Å². The van der Waals surface area contributed by atoms with E-state index in [0.29, 0.717) is 11.3 Å². The lowest BCUT2D eigenvalue weighted by Gasteiger charge is -2.11. The normalized spacial score (nSPS) is 9.83. The zero-order valence-corrected chi connectivity index (χ0v) is 10.5. The van der Waals surface area contributed by atoms with Crippen LogP contribution in [0.15, 0.2) is 18.2 Å². The average molecular weight is 249 g/mol. The lowest BCUT2D eigenvalue weighted by atomic mass is 10.1. The third-order valence-corrected chi connectivity index (χ3v) is 2.04. The van der Waals surface area contributed by atoms with Gasteiger partial charge in [0, 0.05) is 0 Å². The molecule has 1 aromatic carbocycles. The second kappa shape index (κ2) is 6.74. The zero-order chi connectivity index (χ0) is 13.5. The van der Waals surface area contributed by atoms with E-state index in [-0.39, 0.29) is 19.0 Å². The largest absolute Gasteiger partial charge is 0.324 e. The molecule has 1 rings (SSSR count). The summed E-state index contributed by atoms with van der Waals surface area (Å²) >= 11 is 0. The summed E-state index contributed by atoms with van der Waals surface area (Å²) in [5.41, 5.74) is 6.18. The molecule has 0 saturated heterocycles. The quantitative estimate of drug-likeness (QED) is 0.773. The summed E-state index contributed by atoms with van der Waals surface area (Å²) in [5, 5.41) is 2.69. The number of hydrogen-bond donors (Lipinski definition) is 2.